The normalized spacial score (nSPS) is 12.0. The van der Waals surface area contributed by atoms with Crippen molar-refractivity contribution >= 4 is 23.4 Å². The van der Waals surface area contributed by atoms with Gasteiger partial charge in [0.2, 0.25) is 0 Å². The highest BCUT2D eigenvalue weighted by Crippen LogP contribution is 2.21. The average molecular weight is 300 g/mol. The molecule has 1 atom stereocenters. The van der Waals surface area contributed by atoms with Crippen LogP contribution in [0.4, 0.5) is 10.1 Å². The van der Waals surface area contributed by atoms with Gasteiger partial charge in [-0.05, 0) is 25.2 Å². The summed E-state index contributed by atoms with van der Waals surface area (Å²) in [6.45, 7) is 3.83. The number of aryl methyl sites for hydroxylation is 1. The Morgan fingerprint density at radius 1 is 1.55 bits per heavy atom. The monoisotopic (exact) mass is 300 g/mol. The zero-order chi connectivity index (χ0) is 15.3. The summed E-state index contributed by atoms with van der Waals surface area (Å²) in [5.41, 5.74) is -0.484. The first-order valence-corrected chi connectivity index (χ1v) is 7.41. The second kappa shape index (κ2) is 7.23. The van der Waals surface area contributed by atoms with Gasteiger partial charge in [-0.2, -0.15) is 11.8 Å². The molecule has 7 heteroatoms. The topological polar surface area (TPSA) is 72.2 Å². The number of non-ortho nitro benzene ring substituents is 1. The lowest BCUT2D eigenvalue weighted by atomic mass is 10.1. The van der Waals surface area contributed by atoms with Crippen molar-refractivity contribution in [2.24, 2.45) is 0 Å². The molecule has 0 aliphatic carbocycles. The van der Waals surface area contributed by atoms with Gasteiger partial charge in [-0.25, -0.2) is 4.39 Å². The van der Waals surface area contributed by atoms with Crippen molar-refractivity contribution in [1.29, 1.82) is 0 Å². The van der Waals surface area contributed by atoms with E-state index in [1.54, 1.807) is 11.8 Å². The molecule has 1 N–H and O–H groups in total. The van der Waals surface area contributed by atoms with Gasteiger partial charge in [0.15, 0.2) is 0 Å². The maximum absolute atomic E-state index is 13.9. The molecule has 1 rings (SSSR count). The van der Waals surface area contributed by atoms with Gasteiger partial charge in [0.25, 0.3) is 11.6 Å². The Labute approximate surface area is 121 Å². The van der Waals surface area contributed by atoms with Crippen molar-refractivity contribution in [2.75, 3.05) is 12.8 Å². The molecule has 0 aliphatic rings. The van der Waals surface area contributed by atoms with Gasteiger partial charge in [-0.3, -0.25) is 14.9 Å². The van der Waals surface area contributed by atoms with Crippen LogP contribution in [0.2, 0.25) is 0 Å². The van der Waals surface area contributed by atoms with Crippen LogP contribution in [0.3, 0.4) is 0 Å². The van der Waals surface area contributed by atoms with E-state index in [-0.39, 0.29) is 16.8 Å². The molecule has 0 heterocycles. The zero-order valence-electron chi connectivity index (χ0n) is 11.6. The van der Waals surface area contributed by atoms with E-state index in [1.807, 2.05) is 13.2 Å². The number of nitrogens with one attached hydrogen (secondary N) is 1. The number of nitro benzene ring substituents is 1. The van der Waals surface area contributed by atoms with E-state index in [9.17, 15) is 19.3 Å². The molecule has 0 aliphatic heterocycles. The predicted molar refractivity (Wildman–Crippen MR) is 77.7 cm³/mol. The highest BCUT2D eigenvalue weighted by Gasteiger charge is 2.19. The number of amides is 1. The Morgan fingerprint density at radius 2 is 2.20 bits per heavy atom. The van der Waals surface area contributed by atoms with Crippen LogP contribution in [-0.2, 0) is 0 Å². The molecule has 0 aromatic heterocycles. The van der Waals surface area contributed by atoms with E-state index in [4.69, 9.17) is 0 Å². The fraction of sp³-hybridized carbons (Fsp3) is 0.462. The molecule has 110 valence electrons. The summed E-state index contributed by atoms with van der Waals surface area (Å²) < 4.78 is 13.9. The van der Waals surface area contributed by atoms with E-state index in [0.29, 0.717) is 11.8 Å². The first-order valence-electron chi connectivity index (χ1n) is 6.12. The average Bonchev–Trinajstić information content (AvgIpc) is 2.40. The zero-order valence-corrected chi connectivity index (χ0v) is 12.4. The van der Waals surface area contributed by atoms with Crippen LogP contribution in [0.5, 0.6) is 0 Å². The smallest absolute Gasteiger partial charge is 0.270 e. The molecule has 0 spiro atoms. The van der Waals surface area contributed by atoms with Crippen molar-refractivity contribution in [2.45, 2.75) is 25.5 Å². The molecule has 0 bridgehead atoms. The molecule has 1 aromatic carbocycles. The third-order valence-corrected chi connectivity index (χ3v) is 3.97. The largest absolute Gasteiger partial charge is 0.352 e. The molecular formula is C13H17FN2O3S. The molecular weight excluding hydrogens is 283 g/mol. The standard InChI is InChI=1S/C13H17FN2O3S/c1-8-6-10(16(18)19)7-11(12(8)14)13(17)15-5-4-9(2)20-3/h6-7,9H,4-5H2,1-3H3,(H,15,17). The molecule has 1 unspecified atom stereocenters. The summed E-state index contributed by atoms with van der Waals surface area (Å²) >= 11 is 1.67. The fourth-order valence-corrected chi connectivity index (χ4v) is 1.98. The number of benzene rings is 1. The summed E-state index contributed by atoms with van der Waals surface area (Å²) in [7, 11) is 0. The lowest BCUT2D eigenvalue weighted by Gasteiger charge is -2.10. The molecule has 0 fully saturated rings. The Hall–Kier alpha value is -1.63. The van der Waals surface area contributed by atoms with Crippen LogP contribution < -0.4 is 5.32 Å². The fourth-order valence-electron chi connectivity index (χ4n) is 1.62. The van der Waals surface area contributed by atoms with Crippen molar-refractivity contribution in [3.8, 4) is 0 Å². The van der Waals surface area contributed by atoms with Gasteiger partial charge in [-0.15, -0.1) is 0 Å². The van der Waals surface area contributed by atoms with Crippen LogP contribution in [0.15, 0.2) is 12.1 Å². The molecule has 0 saturated heterocycles. The van der Waals surface area contributed by atoms with Gasteiger partial charge in [-0.1, -0.05) is 6.92 Å². The molecule has 1 aromatic rings. The first-order chi connectivity index (χ1) is 9.36. The van der Waals surface area contributed by atoms with E-state index in [1.165, 1.54) is 6.92 Å². The van der Waals surface area contributed by atoms with Crippen molar-refractivity contribution in [3.63, 3.8) is 0 Å². The van der Waals surface area contributed by atoms with Gasteiger partial charge in [0.1, 0.15) is 5.82 Å². The lowest BCUT2D eigenvalue weighted by Crippen LogP contribution is -2.27. The number of hydrogen-bond acceptors (Lipinski definition) is 4. The SMILES string of the molecule is CSC(C)CCNC(=O)c1cc([N+](=O)[O-])cc(C)c1F. The van der Waals surface area contributed by atoms with Gasteiger partial charge in [0, 0.05) is 23.9 Å². The van der Waals surface area contributed by atoms with Crippen LogP contribution in [0.25, 0.3) is 0 Å². The third kappa shape index (κ3) is 4.19. The minimum atomic E-state index is -0.717. The number of thioether (sulfide) groups is 1. The number of halogens is 1. The maximum Gasteiger partial charge on any atom is 0.270 e. The second-order valence-corrected chi connectivity index (χ2v) is 5.75. The quantitative estimate of drug-likeness (QED) is 0.647. The van der Waals surface area contributed by atoms with E-state index >= 15 is 0 Å². The van der Waals surface area contributed by atoms with Gasteiger partial charge >= 0.3 is 0 Å². The number of nitro groups is 1. The summed E-state index contributed by atoms with van der Waals surface area (Å²) in [6.07, 6.45) is 2.72. The number of nitrogens with zero attached hydrogens (tertiary/aromatic N) is 1. The van der Waals surface area contributed by atoms with E-state index in [2.05, 4.69) is 5.32 Å². The summed E-state index contributed by atoms with van der Waals surface area (Å²) in [6, 6.07) is 2.08. The van der Waals surface area contributed by atoms with Crippen molar-refractivity contribution in [3.05, 3.63) is 39.2 Å². The minimum absolute atomic E-state index is 0.0850. The lowest BCUT2D eigenvalue weighted by molar-refractivity contribution is -0.385. The van der Waals surface area contributed by atoms with Crippen LogP contribution in [-0.4, -0.2) is 28.9 Å². The van der Waals surface area contributed by atoms with Crippen LogP contribution in [0, 0.1) is 22.9 Å². The Balaban J connectivity index is 2.84. The maximum atomic E-state index is 13.9. The number of carbonyl (C=O) groups is 1. The predicted octanol–water partition coefficient (Wildman–Crippen LogP) is 2.91. The molecule has 0 saturated carbocycles. The Kier molecular flexibility index (Phi) is 5.94. The van der Waals surface area contributed by atoms with Crippen LogP contribution in [0.1, 0.15) is 29.3 Å². The summed E-state index contributed by atoms with van der Waals surface area (Å²) in [5, 5.41) is 13.7. The minimum Gasteiger partial charge on any atom is -0.352 e. The van der Waals surface area contributed by atoms with Crippen molar-refractivity contribution in [1.82, 2.24) is 5.32 Å². The molecule has 5 nitrogen and oxygen atoms in total. The summed E-state index contributed by atoms with van der Waals surface area (Å²) in [5.74, 6) is -1.34. The molecule has 0 radical (unpaired) electrons. The highest BCUT2D eigenvalue weighted by molar-refractivity contribution is 7.99. The van der Waals surface area contributed by atoms with Gasteiger partial charge in [0.05, 0.1) is 10.5 Å². The van der Waals surface area contributed by atoms with Crippen LogP contribution >= 0.6 is 11.8 Å². The van der Waals surface area contributed by atoms with E-state index in [0.717, 1.165) is 18.6 Å². The van der Waals surface area contributed by atoms with Crippen molar-refractivity contribution < 1.29 is 14.1 Å². The Morgan fingerprint density at radius 3 is 2.75 bits per heavy atom. The number of rotatable bonds is 6. The number of carbonyl (C=O) groups excluding carboxylic acids is 1. The second-order valence-electron chi connectivity index (χ2n) is 4.47. The molecule has 1 amide bonds. The highest BCUT2D eigenvalue weighted by atomic mass is 32.2. The molecule has 20 heavy (non-hydrogen) atoms. The first kappa shape index (κ1) is 16.4. The third-order valence-electron chi connectivity index (χ3n) is 2.93. The Bertz CT molecular complexity index is 523. The number of hydrogen-bond donors (Lipinski definition) is 1. The van der Waals surface area contributed by atoms with E-state index < -0.39 is 16.6 Å². The van der Waals surface area contributed by atoms with Gasteiger partial charge < -0.3 is 5.32 Å². The summed E-state index contributed by atoms with van der Waals surface area (Å²) in [4.78, 5) is 22.0.